The molecule has 0 saturated heterocycles. The summed E-state index contributed by atoms with van der Waals surface area (Å²) in [5.74, 6) is 0.888. The Morgan fingerprint density at radius 3 is 3.00 bits per heavy atom. The van der Waals surface area contributed by atoms with Gasteiger partial charge >= 0.3 is 0 Å². The van der Waals surface area contributed by atoms with Gasteiger partial charge in [-0.1, -0.05) is 18.6 Å². The minimum absolute atomic E-state index is 0.888. The molecule has 0 bridgehead atoms. The van der Waals surface area contributed by atoms with Crippen LogP contribution in [0.15, 0.2) is 35.8 Å². The first-order valence-electron chi connectivity index (χ1n) is 6.15. The van der Waals surface area contributed by atoms with Gasteiger partial charge in [-0.15, -0.1) is 11.3 Å². The van der Waals surface area contributed by atoms with Crippen LogP contribution in [-0.4, -0.2) is 11.5 Å². The number of nitrogens with zero attached hydrogens (tertiary/aromatic N) is 1. The van der Waals surface area contributed by atoms with Crippen LogP contribution in [0.25, 0.3) is 10.6 Å². The van der Waals surface area contributed by atoms with Gasteiger partial charge in [-0.2, -0.15) is 0 Å². The number of hydrogen-bond acceptors (Lipinski definition) is 3. The molecule has 3 heteroatoms. The van der Waals surface area contributed by atoms with Gasteiger partial charge < -0.3 is 5.32 Å². The standard InChI is InChI=1S/C14H16N2S/c1-3-11(4-1)10-16-13-6-2-5-12(9-13)14-15-7-8-17-14/h2,5-9,11,16H,1,3-4,10H2. The molecule has 1 aliphatic rings. The molecular weight excluding hydrogens is 228 g/mol. The van der Waals surface area contributed by atoms with E-state index in [-0.39, 0.29) is 0 Å². The van der Waals surface area contributed by atoms with Crippen molar-refractivity contribution in [1.82, 2.24) is 4.98 Å². The molecule has 1 aromatic heterocycles. The van der Waals surface area contributed by atoms with Crippen LogP contribution in [0.2, 0.25) is 0 Å². The summed E-state index contributed by atoms with van der Waals surface area (Å²) in [5, 5.41) is 6.64. The van der Waals surface area contributed by atoms with Gasteiger partial charge in [0.25, 0.3) is 0 Å². The van der Waals surface area contributed by atoms with Crippen molar-refractivity contribution in [2.24, 2.45) is 5.92 Å². The molecule has 88 valence electrons. The number of thiazole rings is 1. The van der Waals surface area contributed by atoms with Crippen molar-refractivity contribution in [3.63, 3.8) is 0 Å². The van der Waals surface area contributed by atoms with Gasteiger partial charge in [0.2, 0.25) is 0 Å². The maximum atomic E-state index is 4.34. The predicted molar refractivity (Wildman–Crippen MR) is 73.4 cm³/mol. The largest absolute Gasteiger partial charge is 0.385 e. The fourth-order valence-electron chi connectivity index (χ4n) is 2.09. The molecule has 1 aromatic carbocycles. The van der Waals surface area contributed by atoms with Gasteiger partial charge in [-0.3, -0.25) is 0 Å². The number of anilines is 1. The van der Waals surface area contributed by atoms with Crippen molar-refractivity contribution in [2.75, 3.05) is 11.9 Å². The second-order valence-electron chi connectivity index (χ2n) is 4.60. The Balaban J connectivity index is 1.70. The van der Waals surface area contributed by atoms with E-state index in [9.17, 15) is 0 Å². The molecule has 0 spiro atoms. The molecule has 17 heavy (non-hydrogen) atoms. The van der Waals surface area contributed by atoms with E-state index in [0.29, 0.717) is 0 Å². The number of nitrogens with one attached hydrogen (secondary N) is 1. The summed E-state index contributed by atoms with van der Waals surface area (Å²) >= 11 is 1.69. The third-order valence-electron chi connectivity index (χ3n) is 3.36. The molecule has 0 atom stereocenters. The minimum Gasteiger partial charge on any atom is -0.385 e. The fourth-order valence-corrected chi connectivity index (χ4v) is 2.72. The van der Waals surface area contributed by atoms with E-state index < -0.39 is 0 Å². The summed E-state index contributed by atoms with van der Waals surface area (Å²) in [7, 11) is 0. The molecule has 2 nitrogen and oxygen atoms in total. The first-order valence-corrected chi connectivity index (χ1v) is 7.03. The number of hydrogen-bond donors (Lipinski definition) is 1. The smallest absolute Gasteiger partial charge is 0.123 e. The highest BCUT2D eigenvalue weighted by atomic mass is 32.1. The van der Waals surface area contributed by atoms with Crippen LogP contribution >= 0.6 is 11.3 Å². The maximum absolute atomic E-state index is 4.34. The van der Waals surface area contributed by atoms with Crippen LogP contribution in [0.1, 0.15) is 19.3 Å². The monoisotopic (exact) mass is 244 g/mol. The van der Waals surface area contributed by atoms with Crippen LogP contribution < -0.4 is 5.32 Å². The Hall–Kier alpha value is -1.35. The third-order valence-corrected chi connectivity index (χ3v) is 4.18. The zero-order valence-electron chi connectivity index (χ0n) is 9.73. The maximum Gasteiger partial charge on any atom is 0.123 e. The zero-order chi connectivity index (χ0) is 11.5. The summed E-state index contributed by atoms with van der Waals surface area (Å²) in [4.78, 5) is 4.34. The molecule has 1 aliphatic carbocycles. The number of rotatable bonds is 4. The molecule has 0 amide bonds. The average molecular weight is 244 g/mol. The second-order valence-corrected chi connectivity index (χ2v) is 5.49. The van der Waals surface area contributed by atoms with E-state index in [0.717, 1.165) is 17.5 Å². The lowest BCUT2D eigenvalue weighted by molar-refractivity contribution is 0.333. The molecule has 3 rings (SSSR count). The minimum atomic E-state index is 0.888. The van der Waals surface area contributed by atoms with Gasteiger partial charge in [-0.05, 0) is 30.9 Å². The first kappa shape index (κ1) is 10.8. The Kier molecular flexibility index (Phi) is 3.10. The van der Waals surface area contributed by atoms with E-state index in [1.807, 2.05) is 11.6 Å². The van der Waals surface area contributed by atoms with Crippen LogP contribution in [0.5, 0.6) is 0 Å². The normalized spacial score (nSPS) is 15.5. The van der Waals surface area contributed by atoms with Crippen molar-refractivity contribution in [1.29, 1.82) is 0 Å². The van der Waals surface area contributed by atoms with E-state index in [1.54, 1.807) is 11.3 Å². The topological polar surface area (TPSA) is 24.9 Å². The van der Waals surface area contributed by atoms with E-state index in [4.69, 9.17) is 0 Å². The van der Waals surface area contributed by atoms with Crippen LogP contribution in [-0.2, 0) is 0 Å². The van der Waals surface area contributed by atoms with Gasteiger partial charge in [0.1, 0.15) is 5.01 Å². The highest BCUT2D eigenvalue weighted by molar-refractivity contribution is 7.13. The summed E-state index contributed by atoms with van der Waals surface area (Å²) < 4.78 is 0. The van der Waals surface area contributed by atoms with Gasteiger partial charge in [-0.25, -0.2) is 4.98 Å². The Bertz CT molecular complexity index is 475. The van der Waals surface area contributed by atoms with Crippen molar-refractivity contribution in [2.45, 2.75) is 19.3 Å². The van der Waals surface area contributed by atoms with Gasteiger partial charge in [0, 0.05) is 29.4 Å². The van der Waals surface area contributed by atoms with Crippen molar-refractivity contribution in [3.8, 4) is 10.6 Å². The van der Waals surface area contributed by atoms with Crippen molar-refractivity contribution < 1.29 is 0 Å². The molecule has 1 fully saturated rings. The summed E-state index contributed by atoms with van der Waals surface area (Å²) in [6, 6.07) is 8.54. The molecule has 1 N–H and O–H groups in total. The lowest BCUT2D eigenvalue weighted by Crippen LogP contribution is -2.20. The molecule has 2 aromatic rings. The van der Waals surface area contributed by atoms with Gasteiger partial charge in [0.15, 0.2) is 0 Å². The second kappa shape index (κ2) is 4.88. The summed E-state index contributed by atoms with van der Waals surface area (Å²) in [6.45, 7) is 1.11. The van der Waals surface area contributed by atoms with Crippen molar-refractivity contribution in [3.05, 3.63) is 35.8 Å². The summed E-state index contributed by atoms with van der Waals surface area (Å²) in [6.07, 6.45) is 6.04. The van der Waals surface area contributed by atoms with Crippen LogP contribution in [0, 0.1) is 5.92 Å². The lowest BCUT2D eigenvalue weighted by Gasteiger charge is -2.25. The van der Waals surface area contributed by atoms with Crippen molar-refractivity contribution >= 4 is 17.0 Å². The quantitative estimate of drug-likeness (QED) is 0.878. The van der Waals surface area contributed by atoms with Crippen LogP contribution in [0.3, 0.4) is 0 Å². The molecular formula is C14H16N2S. The molecule has 0 aliphatic heterocycles. The Morgan fingerprint density at radius 1 is 1.35 bits per heavy atom. The molecule has 1 heterocycles. The van der Waals surface area contributed by atoms with E-state index >= 15 is 0 Å². The number of aromatic nitrogens is 1. The van der Waals surface area contributed by atoms with E-state index in [2.05, 4.69) is 34.6 Å². The predicted octanol–water partition coefficient (Wildman–Crippen LogP) is 4.02. The van der Waals surface area contributed by atoms with Crippen LogP contribution in [0.4, 0.5) is 5.69 Å². The summed E-state index contributed by atoms with van der Waals surface area (Å²) in [5.41, 5.74) is 2.42. The Morgan fingerprint density at radius 2 is 2.29 bits per heavy atom. The molecule has 0 radical (unpaired) electrons. The Labute approximate surface area is 106 Å². The highest BCUT2D eigenvalue weighted by Gasteiger charge is 2.16. The zero-order valence-corrected chi connectivity index (χ0v) is 10.5. The number of benzene rings is 1. The first-order chi connectivity index (χ1) is 8.42. The SMILES string of the molecule is c1cc(NCC2CCC2)cc(-c2nccs2)c1. The fraction of sp³-hybridized carbons (Fsp3) is 0.357. The van der Waals surface area contributed by atoms with Gasteiger partial charge in [0.05, 0.1) is 0 Å². The third kappa shape index (κ3) is 2.50. The lowest BCUT2D eigenvalue weighted by atomic mass is 9.85. The molecule has 0 unspecified atom stereocenters. The average Bonchev–Trinajstić information content (AvgIpc) is 2.81. The highest BCUT2D eigenvalue weighted by Crippen LogP contribution is 2.28. The molecule has 1 saturated carbocycles. The van der Waals surface area contributed by atoms with E-state index in [1.165, 1.54) is 30.5 Å².